The number of imidazole rings is 1. The molecule has 3 heterocycles. The molecule has 0 aliphatic rings. The number of amides is 1. The average molecular weight is 317 g/mol. The Morgan fingerprint density at radius 3 is 3.09 bits per heavy atom. The summed E-state index contributed by atoms with van der Waals surface area (Å²) in [6.45, 7) is 0.120. The molecule has 7 heteroatoms. The summed E-state index contributed by atoms with van der Waals surface area (Å²) in [5.74, 6) is 0.223. The van der Waals surface area contributed by atoms with Crippen LogP contribution < -0.4 is 10.5 Å². The molecule has 3 rings (SSSR count). The molecule has 0 bridgehead atoms. The third kappa shape index (κ3) is 2.81. The molecule has 0 radical (unpaired) electrons. The van der Waals surface area contributed by atoms with Gasteiger partial charge in [0.15, 0.2) is 6.79 Å². The maximum Gasteiger partial charge on any atom is 0.222 e. The molecule has 0 fully saturated rings. The van der Waals surface area contributed by atoms with Gasteiger partial charge in [0.2, 0.25) is 5.91 Å². The van der Waals surface area contributed by atoms with Crippen molar-refractivity contribution in [2.75, 3.05) is 13.9 Å². The summed E-state index contributed by atoms with van der Waals surface area (Å²) < 4.78 is 12.4. The smallest absolute Gasteiger partial charge is 0.222 e. The number of hydrogen-bond donors (Lipinski definition) is 1. The van der Waals surface area contributed by atoms with Crippen molar-refractivity contribution in [3.8, 4) is 16.3 Å². The quantitative estimate of drug-likeness (QED) is 0.706. The number of aromatic nitrogens is 2. The Morgan fingerprint density at radius 1 is 1.45 bits per heavy atom. The Morgan fingerprint density at radius 2 is 2.32 bits per heavy atom. The summed E-state index contributed by atoms with van der Waals surface area (Å²) in [5, 5.41) is 0. The van der Waals surface area contributed by atoms with Crippen molar-refractivity contribution in [1.82, 2.24) is 9.38 Å². The molecule has 1 amide bonds. The highest BCUT2D eigenvalue weighted by molar-refractivity contribution is 7.15. The minimum Gasteiger partial charge on any atom is -0.466 e. The zero-order valence-corrected chi connectivity index (χ0v) is 12.8. The van der Waals surface area contributed by atoms with Crippen LogP contribution >= 0.6 is 11.3 Å². The van der Waals surface area contributed by atoms with E-state index in [9.17, 15) is 4.79 Å². The van der Waals surface area contributed by atoms with Crippen molar-refractivity contribution in [3.05, 3.63) is 41.5 Å². The molecule has 0 unspecified atom stereocenters. The lowest BCUT2D eigenvalue weighted by Gasteiger charge is -2.03. The number of carbonyl (C=O) groups is 1. The summed E-state index contributed by atoms with van der Waals surface area (Å²) in [4.78, 5) is 17.3. The van der Waals surface area contributed by atoms with Crippen LogP contribution in [0.25, 0.3) is 16.2 Å². The van der Waals surface area contributed by atoms with Crippen LogP contribution in [0.1, 0.15) is 4.88 Å². The van der Waals surface area contributed by atoms with Gasteiger partial charge < -0.3 is 15.2 Å². The first-order chi connectivity index (χ1) is 10.7. The molecule has 2 N–H and O–H groups in total. The standard InChI is InChI=1S/C15H15N3O3S/c1-20-9-21-11-6-12(22-13(11)7-14(16)19)10-8-17-15-4-2-3-5-18(10)15/h2-6,8H,7,9H2,1H3,(H2,16,19). The van der Waals surface area contributed by atoms with Crippen molar-refractivity contribution < 1.29 is 14.3 Å². The molecular weight excluding hydrogens is 302 g/mol. The molecule has 3 aromatic heterocycles. The van der Waals surface area contributed by atoms with E-state index < -0.39 is 5.91 Å². The normalized spacial score (nSPS) is 11.0. The van der Waals surface area contributed by atoms with Crippen LogP contribution in [0.15, 0.2) is 36.7 Å². The van der Waals surface area contributed by atoms with Crippen LogP contribution in [0.2, 0.25) is 0 Å². The number of fused-ring (bicyclic) bond motifs is 1. The molecule has 0 aliphatic carbocycles. The number of primary amides is 1. The predicted octanol–water partition coefficient (Wildman–Crippen LogP) is 2.07. The molecule has 0 saturated carbocycles. The van der Waals surface area contributed by atoms with E-state index in [1.54, 1.807) is 13.3 Å². The van der Waals surface area contributed by atoms with E-state index in [0.717, 1.165) is 21.1 Å². The summed E-state index contributed by atoms with van der Waals surface area (Å²) in [6, 6.07) is 7.70. The molecule has 0 atom stereocenters. The first-order valence-electron chi connectivity index (χ1n) is 6.64. The maximum absolute atomic E-state index is 11.2. The minimum atomic E-state index is -0.395. The van der Waals surface area contributed by atoms with Crippen molar-refractivity contribution in [2.24, 2.45) is 5.73 Å². The van der Waals surface area contributed by atoms with Gasteiger partial charge in [-0.2, -0.15) is 0 Å². The van der Waals surface area contributed by atoms with E-state index in [2.05, 4.69) is 4.98 Å². The zero-order valence-electron chi connectivity index (χ0n) is 12.0. The fraction of sp³-hybridized carbons (Fsp3) is 0.200. The summed E-state index contributed by atoms with van der Waals surface area (Å²) >= 11 is 1.47. The van der Waals surface area contributed by atoms with Gasteiger partial charge in [-0.3, -0.25) is 9.20 Å². The largest absolute Gasteiger partial charge is 0.466 e. The van der Waals surface area contributed by atoms with E-state index in [4.69, 9.17) is 15.2 Å². The van der Waals surface area contributed by atoms with Crippen molar-refractivity contribution in [2.45, 2.75) is 6.42 Å². The van der Waals surface area contributed by atoms with Gasteiger partial charge in [0, 0.05) is 19.4 Å². The lowest BCUT2D eigenvalue weighted by Crippen LogP contribution is -2.13. The van der Waals surface area contributed by atoms with Gasteiger partial charge >= 0.3 is 0 Å². The summed E-state index contributed by atoms with van der Waals surface area (Å²) in [5.41, 5.74) is 7.11. The van der Waals surface area contributed by atoms with Gasteiger partial charge in [0.1, 0.15) is 11.4 Å². The van der Waals surface area contributed by atoms with Crippen LogP contribution in [0.5, 0.6) is 5.75 Å². The number of hydrogen-bond acceptors (Lipinski definition) is 5. The fourth-order valence-electron chi connectivity index (χ4n) is 2.18. The monoisotopic (exact) mass is 317 g/mol. The first-order valence-corrected chi connectivity index (χ1v) is 7.46. The Bertz CT molecular complexity index is 809. The Kier molecular flexibility index (Phi) is 4.08. The minimum absolute atomic E-state index is 0.120. The molecule has 0 aliphatic heterocycles. The number of nitrogens with zero attached hydrogens (tertiary/aromatic N) is 2. The summed E-state index contributed by atoms with van der Waals surface area (Å²) in [6.07, 6.45) is 3.89. The van der Waals surface area contributed by atoms with Crippen LogP contribution in [0.3, 0.4) is 0 Å². The topological polar surface area (TPSA) is 78.8 Å². The second-order valence-corrected chi connectivity index (χ2v) is 5.80. The first kappa shape index (κ1) is 14.6. The van der Waals surface area contributed by atoms with Gasteiger partial charge in [0.05, 0.1) is 28.1 Å². The van der Waals surface area contributed by atoms with Gasteiger partial charge in [0.25, 0.3) is 0 Å². The van der Waals surface area contributed by atoms with Crippen LogP contribution in [0, 0.1) is 0 Å². The molecule has 0 aromatic carbocycles. The lowest BCUT2D eigenvalue weighted by atomic mass is 10.3. The number of rotatable bonds is 6. The molecule has 6 nitrogen and oxygen atoms in total. The van der Waals surface area contributed by atoms with Crippen LogP contribution in [-0.2, 0) is 16.0 Å². The summed E-state index contributed by atoms with van der Waals surface area (Å²) in [7, 11) is 1.55. The molecule has 114 valence electrons. The number of thiophene rings is 1. The SMILES string of the molecule is COCOc1cc(-c2cnc3ccccn23)sc1CC(N)=O. The fourth-order valence-corrected chi connectivity index (χ4v) is 3.30. The Labute approximate surface area is 131 Å². The van der Waals surface area contributed by atoms with Crippen molar-refractivity contribution in [3.63, 3.8) is 0 Å². The van der Waals surface area contributed by atoms with Crippen LogP contribution in [-0.4, -0.2) is 29.2 Å². The Balaban J connectivity index is 2.03. The van der Waals surface area contributed by atoms with E-state index in [1.807, 2.05) is 34.9 Å². The van der Waals surface area contributed by atoms with Gasteiger partial charge in [-0.05, 0) is 12.1 Å². The zero-order chi connectivity index (χ0) is 15.5. The number of ether oxygens (including phenoxy) is 2. The second-order valence-electron chi connectivity index (χ2n) is 4.66. The molecule has 0 spiro atoms. The van der Waals surface area contributed by atoms with Gasteiger partial charge in [-0.25, -0.2) is 4.98 Å². The third-order valence-electron chi connectivity index (χ3n) is 3.11. The third-order valence-corrected chi connectivity index (χ3v) is 4.25. The molecule has 3 aromatic rings. The molecule has 0 saturated heterocycles. The van der Waals surface area contributed by atoms with E-state index >= 15 is 0 Å². The van der Waals surface area contributed by atoms with Crippen molar-refractivity contribution in [1.29, 1.82) is 0 Å². The number of nitrogens with two attached hydrogens (primary N) is 1. The van der Waals surface area contributed by atoms with Gasteiger partial charge in [-0.1, -0.05) is 6.07 Å². The number of carbonyl (C=O) groups excluding carboxylic acids is 1. The number of methoxy groups -OCH3 is 1. The molecule has 22 heavy (non-hydrogen) atoms. The lowest BCUT2D eigenvalue weighted by molar-refractivity contribution is -0.117. The second kappa shape index (κ2) is 6.17. The highest BCUT2D eigenvalue weighted by Gasteiger charge is 2.16. The number of pyridine rings is 1. The predicted molar refractivity (Wildman–Crippen MR) is 83.9 cm³/mol. The van der Waals surface area contributed by atoms with Gasteiger partial charge in [-0.15, -0.1) is 11.3 Å². The van der Waals surface area contributed by atoms with E-state index in [0.29, 0.717) is 5.75 Å². The highest BCUT2D eigenvalue weighted by atomic mass is 32.1. The van der Waals surface area contributed by atoms with Crippen molar-refractivity contribution >= 4 is 22.9 Å². The van der Waals surface area contributed by atoms with E-state index in [-0.39, 0.29) is 13.2 Å². The van der Waals surface area contributed by atoms with E-state index in [1.165, 1.54) is 11.3 Å². The molecular formula is C15H15N3O3S. The maximum atomic E-state index is 11.2. The average Bonchev–Trinajstić information content (AvgIpc) is 3.08. The Hall–Kier alpha value is -2.38. The highest BCUT2D eigenvalue weighted by Crippen LogP contribution is 2.36. The van der Waals surface area contributed by atoms with Crippen LogP contribution in [0.4, 0.5) is 0 Å².